The predicted molar refractivity (Wildman–Crippen MR) is 63.8 cm³/mol. The molecule has 0 saturated carbocycles. The van der Waals surface area contributed by atoms with Crippen LogP contribution in [-0.4, -0.2) is 23.3 Å². The van der Waals surface area contributed by atoms with E-state index < -0.39 is 17.7 Å². The Kier molecular flexibility index (Phi) is 4.60. The fraction of sp³-hybridized carbons (Fsp3) is 0.538. The Morgan fingerprint density at radius 1 is 1.18 bits per heavy atom. The Bertz CT molecular complexity index is 354. The minimum absolute atomic E-state index is 0.0891. The highest BCUT2D eigenvalue weighted by molar-refractivity contribution is 5.18. The van der Waals surface area contributed by atoms with Crippen molar-refractivity contribution in [3.05, 3.63) is 35.4 Å². The molecule has 0 aliphatic rings. The average molecular weight is 243 g/mol. The summed E-state index contributed by atoms with van der Waals surface area (Å²) in [5, 5.41) is 12.9. The molecule has 1 aromatic carbocycles. The fourth-order valence-electron chi connectivity index (χ4n) is 1.50. The predicted octanol–water partition coefficient (Wildman–Crippen LogP) is 2.26. The van der Waals surface area contributed by atoms with E-state index >= 15 is 0 Å². The summed E-state index contributed by atoms with van der Waals surface area (Å²) in [4.78, 5) is 0. The van der Waals surface area contributed by atoms with Crippen molar-refractivity contribution in [2.45, 2.75) is 38.8 Å². The summed E-state index contributed by atoms with van der Waals surface area (Å²) >= 11 is 0. The van der Waals surface area contributed by atoms with Gasteiger partial charge in [-0.3, -0.25) is 0 Å². The van der Waals surface area contributed by atoms with Crippen LogP contribution in [0.25, 0.3) is 0 Å². The largest absolute Gasteiger partial charge is 0.391 e. The summed E-state index contributed by atoms with van der Waals surface area (Å²) in [5.74, 6) is -1.23. The number of nitrogens with one attached hydrogen (secondary N) is 1. The van der Waals surface area contributed by atoms with Crippen molar-refractivity contribution in [3.8, 4) is 0 Å². The number of β-amino-alcohol motifs (C(OH)–C–C–N with tert-alkyl or cyclic N) is 1. The van der Waals surface area contributed by atoms with Crippen molar-refractivity contribution in [2.24, 2.45) is 0 Å². The van der Waals surface area contributed by atoms with Crippen LogP contribution in [0.4, 0.5) is 8.78 Å². The maximum atomic E-state index is 12.9. The lowest BCUT2D eigenvalue weighted by molar-refractivity contribution is 0.161. The summed E-state index contributed by atoms with van der Waals surface area (Å²) in [6.07, 6.45) is -0.423. The van der Waals surface area contributed by atoms with Crippen molar-refractivity contribution in [1.29, 1.82) is 0 Å². The van der Waals surface area contributed by atoms with Gasteiger partial charge in [-0.2, -0.15) is 0 Å². The standard InChI is InChI=1S/C13H19F2NO/c1-13(2,3)16-8-12(17)6-9-4-10(14)7-11(15)5-9/h4-5,7,12,16-17H,6,8H2,1-3H3. The van der Waals surface area contributed by atoms with E-state index in [1.165, 1.54) is 12.1 Å². The fourth-order valence-corrected chi connectivity index (χ4v) is 1.50. The normalized spacial score (nSPS) is 13.8. The molecule has 2 N–H and O–H groups in total. The maximum absolute atomic E-state index is 12.9. The van der Waals surface area contributed by atoms with Crippen LogP contribution in [0.3, 0.4) is 0 Å². The molecular weight excluding hydrogens is 224 g/mol. The van der Waals surface area contributed by atoms with Crippen LogP contribution in [0.2, 0.25) is 0 Å². The maximum Gasteiger partial charge on any atom is 0.126 e. The van der Waals surface area contributed by atoms with E-state index in [1.807, 2.05) is 20.8 Å². The minimum atomic E-state index is -0.657. The van der Waals surface area contributed by atoms with Crippen LogP contribution in [0.1, 0.15) is 26.3 Å². The molecule has 0 aliphatic heterocycles. The Hall–Kier alpha value is -1.00. The minimum Gasteiger partial charge on any atom is -0.391 e. The van der Waals surface area contributed by atoms with E-state index in [9.17, 15) is 13.9 Å². The van der Waals surface area contributed by atoms with Gasteiger partial charge in [0.05, 0.1) is 6.10 Å². The molecule has 4 heteroatoms. The molecule has 0 bridgehead atoms. The van der Waals surface area contributed by atoms with Gasteiger partial charge in [0.15, 0.2) is 0 Å². The second-order valence-electron chi connectivity index (χ2n) is 5.27. The van der Waals surface area contributed by atoms with E-state index in [0.717, 1.165) is 6.07 Å². The second-order valence-corrected chi connectivity index (χ2v) is 5.27. The van der Waals surface area contributed by atoms with Crippen LogP contribution in [0, 0.1) is 11.6 Å². The zero-order valence-corrected chi connectivity index (χ0v) is 10.4. The molecule has 2 nitrogen and oxygen atoms in total. The molecule has 1 aromatic rings. The van der Waals surface area contributed by atoms with Gasteiger partial charge < -0.3 is 10.4 Å². The first-order valence-corrected chi connectivity index (χ1v) is 5.64. The monoisotopic (exact) mass is 243 g/mol. The molecule has 0 aliphatic carbocycles. The molecule has 0 spiro atoms. The highest BCUT2D eigenvalue weighted by atomic mass is 19.1. The molecule has 0 radical (unpaired) electrons. The number of aliphatic hydroxyl groups is 1. The summed E-state index contributed by atoms with van der Waals surface area (Å²) in [6.45, 7) is 6.35. The molecule has 96 valence electrons. The topological polar surface area (TPSA) is 32.3 Å². The molecule has 0 saturated heterocycles. The van der Waals surface area contributed by atoms with E-state index in [0.29, 0.717) is 12.1 Å². The van der Waals surface area contributed by atoms with E-state index in [4.69, 9.17) is 0 Å². The van der Waals surface area contributed by atoms with Crippen molar-refractivity contribution in [2.75, 3.05) is 6.54 Å². The van der Waals surface area contributed by atoms with Crippen molar-refractivity contribution >= 4 is 0 Å². The second kappa shape index (κ2) is 5.56. The lowest BCUT2D eigenvalue weighted by Crippen LogP contribution is -2.41. The third-order valence-corrected chi connectivity index (χ3v) is 2.26. The molecule has 1 atom stereocenters. The smallest absolute Gasteiger partial charge is 0.126 e. The van der Waals surface area contributed by atoms with Gasteiger partial charge in [0, 0.05) is 18.2 Å². The van der Waals surface area contributed by atoms with Crippen LogP contribution < -0.4 is 5.32 Å². The van der Waals surface area contributed by atoms with Crippen molar-refractivity contribution in [1.82, 2.24) is 5.32 Å². The number of halogens is 2. The van der Waals surface area contributed by atoms with Crippen molar-refractivity contribution in [3.63, 3.8) is 0 Å². The first-order valence-electron chi connectivity index (χ1n) is 5.64. The number of aliphatic hydroxyl groups excluding tert-OH is 1. The molecule has 0 fully saturated rings. The molecule has 0 aromatic heterocycles. The van der Waals surface area contributed by atoms with Crippen LogP contribution in [0.15, 0.2) is 18.2 Å². The van der Waals surface area contributed by atoms with Gasteiger partial charge in [-0.25, -0.2) is 8.78 Å². The Morgan fingerprint density at radius 2 is 1.71 bits per heavy atom. The summed E-state index contributed by atoms with van der Waals surface area (Å²) in [6, 6.07) is 3.30. The van der Waals surface area contributed by atoms with Crippen LogP contribution in [0.5, 0.6) is 0 Å². The summed E-state index contributed by atoms with van der Waals surface area (Å²) in [7, 11) is 0. The van der Waals surface area contributed by atoms with Crippen LogP contribution >= 0.6 is 0 Å². The number of hydrogen-bond donors (Lipinski definition) is 2. The Balaban J connectivity index is 2.53. The zero-order valence-electron chi connectivity index (χ0n) is 10.4. The highest BCUT2D eigenvalue weighted by Crippen LogP contribution is 2.10. The van der Waals surface area contributed by atoms with Gasteiger partial charge in [0.25, 0.3) is 0 Å². The Labute approximate surface area is 101 Å². The van der Waals surface area contributed by atoms with Gasteiger partial charge in [-0.15, -0.1) is 0 Å². The highest BCUT2D eigenvalue weighted by Gasteiger charge is 2.13. The molecule has 0 amide bonds. The molecule has 0 heterocycles. The first kappa shape index (κ1) is 14.1. The first-order chi connectivity index (χ1) is 7.76. The number of hydrogen-bond acceptors (Lipinski definition) is 2. The molecule has 17 heavy (non-hydrogen) atoms. The van der Waals surface area contributed by atoms with Gasteiger partial charge in [0.1, 0.15) is 11.6 Å². The van der Waals surface area contributed by atoms with E-state index in [2.05, 4.69) is 5.32 Å². The summed E-state index contributed by atoms with van der Waals surface area (Å²) in [5.41, 5.74) is 0.375. The van der Waals surface area contributed by atoms with Gasteiger partial charge in [-0.1, -0.05) is 0 Å². The molecular formula is C13H19F2NO. The van der Waals surface area contributed by atoms with Gasteiger partial charge in [-0.05, 0) is 44.9 Å². The molecule has 1 rings (SSSR count). The van der Waals surface area contributed by atoms with Gasteiger partial charge >= 0.3 is 0 Å². The van der Waals surface area contributed by atoms with Gasteiger partial charge in [0.2, 0.25) is 0 Å². The third kappa shape index (κ3) is 5.75. The quantitative estimate of drug-likeness (QED) is 0.850. The van der Waals surface area contributed by atoms with Crippen molar-refractivity contribution < 1.29 is 13.9 Å². The lowest BCUT2D eigenvalue weighted by atomic mass is 10.1. The average Bonchev–Trinajstić information content (AvgIpc) is 2.11. The van der Waals surface area contributed by atoms with E-state index in [1.54, 1.807) is 0 Å². The third-order valence-electron chi connectivity index (χ3n) is 2.26. The Morgan fingerprint density at radius 3 is 2.18 bits per heavy atom. The van der Waals surface area contributed by atoms with Crippen LogP contribution in [-0.2, 0) is 6.42 Å². The summed E-state index contributed by atoms with van der Waals surface area (Å²) < 4.78 is 25.8. The lowest BCUT2D eigenvalue weighted by Gasteiger charge is -2.22. The SMILES string of the molecule is CC(C)(C)NCC(O)Cc1cc(F)cc(F)c1. The number of benzene rings is 1. The van der Waals surface area contributed by atoms with E-state index in [-0.39, 0.29) is 12.0 Å². The molecule has 1 unspecified atom stereocenters. The number of rotatable bonds is 4. The zero-order chi connectivity index (χ0) is 13.1.